The molecule has 2 N–H and O–H groups in total. The van der Waals surface area contributed by atoms with E-state index in [2.05, 4.69) is 40.1 Å². The van der Waals surface area contributed by atoms with E-state index < -0.39 is 0 Å². The number of aliphatic hydroxyl groups excluding tert-OH is 1. The van der Waals surface area contributed by atoms with Gasteiger partial charge in [-0.05, 0) is 39.9 Å². The number of anilines is 1. The number of nitrogens with one attached hydrogen (secondary N) is 1. The molecule has 0 aliphatic heterocycles. The Balaban J connectivity index is 2.49. The molecule has 0 unspecified atom stereocenters. The zero-order valence-electron chi connectivity index (χ0n) is 9.13. The summed E-state index contributed by atoms with van der Waals surface area (Å²) in [6, 6.07) is 5.77. The van der Waals surface area contributed by atoms with Crippen molar-refractivity contribution in [1.82, 2.24) is 4.98 Å². The first-order valence-electron chi connectivity index (χ1n) is 5.01. The van der Waals surface area contributed by atoms with Crippen molar-refractivity contribution in [2.45, 2.75) is 20.3 Å². The van der Waals surface area contributed by atoms with Gasteiger partial charge in [-0.15, -0.1) is 0 Å². The zero-order valence-corrected chi connectivity index (χ0v) is 10.7. The van der Waals surface area contributed by atoms with Gasteiger partial charge in [0.1, 0.15) is 10.4 Å². The average Bonchev–Trinajstić information content (AvgIpc) is 2.15. The molecule has 1 rings (SSSR count). The number of hydrogen-bond acceptors (Lipinski definition) is 3. The average molecular weight is 273 g/mol. The second-order valence-electron chi connectivity index (χ2n) is 4.34. The fourth-order valence-electron chi connectivity index (χ4n) is 1.23. The van der Waals surface area contributed by atoms with Gasteiger partial charge in [-0.1, -0.05) is 19.9 Å². The molecular weight excluding hydrogens is 256 g/mol. The van der Waals surface area contributed by atoms with Crippen LogP contribution >= 0.6 is 15.9 Å². The van der Waals surface area contributed by atoms with Crippen molar-refractivity contribution in [3.05, 3.63) is 22.8 Å². The zero-order chi connectivity index (χ0) is 11.3. The van der Waals surface area contributed by atoms with E-state index in [1.165, 1.54) is 0 Å². The SMILES string of the molecule is CC(C)(CCO)CNc1cccc(Br)n1. The lowest BCUT2D eigenvalue weighted by Crippen LogP contribution is -2.24. The summed E-state index contributed by atoms with van der Waals surface area (Å²) in [6.07, 6.45) is 0.786. The molecule has 1 aromatic heterocycles. The Morgan fingerprint density at radius 1 is 1.47 bits per heavy atom. The Bertz CT molecular complexity index is 315. The lowest BCUT2D eigenvalue weighted by Gasteiger charge is -2.24. The van der Waals surface area contributed by atoms with Crippen molar-refractivity contribution in [3.63, 3.8) is 0 Å². The highest BCUT2D eigenvalue weighted by atomic mass is 79.9. The van der Waals surface area contributed by atoms with Crippen LogP contribution in [0, 0.1) is 5.41 Å². The third kappa shape index (κ3) is 4.62. The van der Waals surface area contributed by atoms with Gasteiger partial charge in [-0.25, -0.2) is 4.98 Å². The van der Waals surface area contributed by atoms with Crippen LogP contribution in [0.2, 0.25) is 0 Å². The lowest BCUT2D eigenvalue weighted by atomic mass is 9.90. The number of pyridine rings is 1. The van der Waals surface area contributed by atoms with Crippen LogP contribution in [-0.2, 0) is 0 Å². The summed E-state index contributed by atoms with van der Waals surface area (Å²) < 4.78 is 0.826. The first kappa shape index (κ1) is 12.5. The van der Waals surface area contributed by atoms with E-state index in [0.29, 0.717) is 0 Å². The third-order valence-electron chi connectivity index (χ3n) is 2.25. The Kier molecular flexibility index (Phi) is 4.54. The third-order valence-corrected chi connectivity index (χ3v) is 2.69. The summed E-state index contributed by atoms with van der Waals surface area (Å²) in [4.78, 5) is 4.28. The van der Waals surface area contributed by atoms with Crippen molar-refractivity contribution >= 4 is 21.7 Å². The van der Waals surface area contributed by atoms with Crippen LogP contribution in [0.25, 0.3) is 0 Å². The molecule has 3 nitrogen and oxygen atoms in total. The smallest absolute Gasteiger partial charge is 0.127 e. The molecule has 0 aliphatic rings. The van der Waals surface area contributed by atoms with Crippen LogP contribution in [0.3, 0.4) is 0 Å². The first-order chi connectivity index (χ1) is 7.03. The van der Waals surface area contributed by atoms with Gasteiger partial charge in [0.05, 0.1) is 0 Å². The van der Waals surface area contributed by atoms with E-state index >= 15 is 0 Å². The molecule has 0 saturated carbocycles. The molecular formula is C11H17BrN2O. The minimum atomic E-state index is 0.0821. The first-order valence-corrected chi connectivity index (χ1v) is 5.80. The van der Waals surface area contributed by atoms with Crippen molar-refractivity contribution in [3.8, 4) is 0 Å². The van der Waals surface area contributed by atoms with E-state index in [9.17, 15) is 0 Å². The number of rotatable bonds is 5. The molecule has 0 spiro atoms. The fourth-order valence-corrected chi connectivity index (χ4v) is 1.57. The van der Waals surface area contributed by atoms with Crippen LogP contribution in [-0.4, -0.2) is 23.2 Å². The molecule has 15 heavy (non-hydrogen) atoms. The van der Waals surface area contributed by atoms with Crippen LogP contribution in [0.1, 0.15) is 20.3 Å². The van der Waals surface area contributed by atoms with E-state index in [-0.39, 0.29) is 12.0 Å². The number of nitrogens with zero attached hydrogens (tertiary/aromatic N) is 1. The normalized spacial score (nSPS) is 11.5. The van der Waals surface area contributed by atoms with Crippen LogP contribution in [0.4, 0.5) is 5.82 Å². The lowest BCUT2D eigenvalue weighted by molar-refractivity contribution is 0.220. The van der Waals surface area contributed by atoms with Gasteiger partial charge in [0, 0.05) is 13.2 Å². The summed E-state index contributed by atoms with van der Waals surface area (Å²) in [5.41, 5.74) is 0.0821. The number of halogens is 1. The van der Waals surface area contributed by atoms with Gasteiger partial charge in [0.15, 0.2) is 0 Å². The maximum atomic E-state index is 8.89. The summed E-state index contributed by atoms with van der Waals surface area (Å²) >= 11 is 3.32. The maximum Gasteiger partial charge on any atom is 0.127 e. The molecule has 1 aromatic rings. The quantitative estimate of drug-likeness (QED) is 0.811. The highest BCUT2D eigenvalue weighted by Gasteiger charge is 2.16. The molecule has 1 heterocycles. The summed E-state index contributed by atoms with van der Waals surface area (Å²) in [7, 11) is 0. The summed E-state index contributed by atoms with van der Waals surface area (Å²) in [5, 5.41) is 12.2. The van der Waals surface area contributed by atoms with E-state index in [4.69, 9.17) is 5.11 Å². The van der Waals surface area contributed by atoms with E-state index in [0.717, 1.165) is 23.4 Å². The van der Waals surface area contributed by atoms with Crippen molar-refractivity contribution < 1.29 is 5.11 Å². The minimum absolute atomic E-state index is 0.0821. The van der Waals surface area contributed by atoms with Gasteiger partial charge in [-0.3, -0.25) is 0 Å². The molecule has 0 aromatic carbocycles. The molecule has 0 saturated heterocycles. The largest absolute Gasteiger partial charge is 0.396 e. The molecule has 0 amide bonds. The van der Waals surface area contributed by atoms with Crippen molar-refractivity contribution in [1.29, 1.82) is 0 Å². The monoisotopic (exact) mass is 272 g/mol. The second kappa shape index (κ2) is 5.47. The predicted octanol–water partition coefficient (Wildman–Crippen LogP) is 2.66. The number of hydrogen-bond donors (Lipinski definition) is 2. The fraction of sp³-hybridized carbons (Fsp3) is 0.545. The molecule has 4 heteroatoms. The number of aliphatic hydroxyl groups is 1. The van der Waals surface area contributed by atoms with Crippen LogP contribution in [0.15, 0.2) is 22.8 Å². The van der Waals surface area contributed by atoms with Gasteiger partial charge in [-0.2, -0.15) is 0 Å². The predicted molar refractivity (Wildman–Crippen MR) is 65.9 cm³/mol. The van der Waals surface area contributed by atoms with Gasteiger partial charge < -0.3 is 10.4 Å². The topological polar surface area (TPSA) is 45.1 Å². The molecule has 84 valence electrons. The molecule has 0 bridgehead atoms. The van der Waals surface area contributed by atoms with E-state index in [1.54, 1.807) is 0 Å². The highest BCUT2D eigenvalue weighted by molar-refractivity contribution is 9.10. The molecule has 0 fully saturated rings. The summed E-state index contributed by atoms with van der Waals surface area (Å²) in [6.45, 7) is 5.26. The van der Waals surface area contributed by atoms with Crippen molar-refractivity contribution in [2.24, 2.45) is 5.41 Å². The van der Waals surface area contributed by atoms with Gasteiger partial charge >= 0.3 is 0 Å². The second-order valence-corrected chi connectivity index (χ2v) is 5.15. The molecule has 0 aliphatic carbocycles. The van der Waals surface area contributed by atoms with Crippen LogP contribution in [0.5, 0.6) is 0 Å². The summed E-state index contributed by atoms with van der Waals surface area (Å²) in [5.74, 6) is 0.857. The molecule has 0 atom stereocenters. The standard InChI is InChI=1S/C11H17BrN2O/c1-11(2,6-7-15)8-13-10-5-3-4-9(12)14-10/h3-5,15H,6-8H2,1-2H3,(H,13,14). The van der Waals surface area contributed by atoms with E-state index in [1.807, 2.05) is 18.2 Å². The Morgan fingerprint density at radius 2 is 2.20 bits per heavy atom. The van der Waals surface area contributed by atoms with Gasteiger partial charge in [0.2, 0.25) is 0 Å². The van der Waals surface area contributed by atoms with Crippen LogP contribution < -0.4 is 5.32 Å². The van der Waals surface area contributed by atoms with Crippen molar-refractivity contribution in [2.75, 3.05) is 18.5 Å². The Hall–Kier alpha value is -0.610. The Morgan fingerprint density at radius 3 is 2.80 bits per heavy atom. The minimum Gasteiger partial charge on any atom is -0.396 e. The maximum absolute atomic E-state index is 8.89. The number of aromatic nitrogens is 1. The highest BCUT2D eigenvalue weighted by Crippen LogP contribution is 2.20. The Labute approximate surface area is 99.1 Å². The van der Waals surface area contributed by atoms with Gasteiger partial charge in [0.25, 0.3) is 0 Å². The molecule has 0 radical (unpaired) electrons.